The standard InChI is InChI=1S/C21H27NO4/c1-23-18-8-9-20(24-2)19(16-18)21(26-17-6-4-3-5-7-17)10-11-22-12-14-25-15-13-22/h3-9,16,21H,10-15H2,1-2H3. The molecule has 0 radical (unpaired) electrons. The first-order chi connectivity index (χ1) is 12.8. The quantitative estimate of drug-likeness (QED) is 0.723. The fourth-order valence-corrected chi connectivity index (χ4v) is 3.16. The fraction of sp³-hybridized carbons (Fsp3) is 0.429. The molecule has 0 amide bonds. The maximum Gasteiger partial charge on any atom is 0.129 e. The van der Waals surface area contributed by atoms with Gasteiger partial charge in [-0.25, -0.2) is 0 Å². The molecule has 0 spiro atoms. The van der Waals surface area contributed by atoms with E-state index >= 15 is 0 Å². The van der Waals surface area contributed by atoms with E-state index in [1.165, 1.54) is 0 Å². The van der Waals surface area contributed by atoms with Gasteiger partial charge in [0.25, 0.3) is 0 Å². The second kappa shape index (κ2) is 9.46. The molecule has 5 nitrogen and oxygen atoms in total. The number of ether oxygens (including phenoxy) is 4. The molecular formula is C21H27NO4. The second-order valence-electron chi connectivity index (χ2n) is 6.27. The summed E-state index contributed by atoms with van der Waals surface area (Å²) in [7, 11) is 3.36. The van der Waals surface area contributed by atoms with E-state index in [-0.39, 0.29) is 6.10 Å². The van der Waals surface area contributed by atoms with Crippen LogP contribution < -0.4 is 14.2 Å². The Balaban J connectivity index is 1.81. The normalized spacial score (nSPS) is 16.1. The summed E-state index contributed by atoms with van der Waals surface area (Å²) in [5, 5.41) is 0. The smallest absolute Gasteiger partial charge is 0.129 e. The Morgan fingerprint density at radius 3 is 2.42 bits per heavy atom. The van der Waals surface area contributed by atoms with Gasteiger partial charge >= 0.3 is 0 Å². The van der Waals surface area contributed by atoms with Crippen molar-refractivity contribution in [2.75, 3.05) is 47.1 Å². The molecule has 140 valence electrons. The number of hydrogen-bond acceptors (Lipinski definition) is 5. The minimum Gasteiger partial charge on any atom is -0.497 e. The molecule has 0 aliphatic carbocycles. The summed E-state index contributed by atoms with van der Waals surface area (Å²) < 4.78 is 22.8. The van der Waals surface area contributed by atoms with Crippen LogP contribution in [0.2, 0.25) is 0 Å². The van der Waals surface area contributed by atoms with Crippen LogP contribution in [-0.4, -0.2) is 52.0 Å². The largest absolute Gasteiger partial charge is 0.497 e. The van der Waals surface area contributed by atoms with Crippen molar-refractivity contribution in [2.24, 2.45) is 0 Å². The summed E-state index contributed by atoms with van der Waals surface area (Å²) >= 11 is 0. The number of morpholine rings is 1. The Morgan fingerprint density at radius 1 is 0.962 bits per heavy atom. The van der Waals surface area contributed by atoms with E-state index < -0.39 is 0 Å². The predicted octanol–water partition coefficient (Wildman–Crippen LogP) is 3.55. The summed E-state index contributed by atoms with van der Waals surface area (Å²) in [6, 6.07) is 15.8. The van der Waals surface area contributed by atoms with Gasteiger partial charge in [-0.1, -0.05) is 18.2 Å². The molecule has 2 aromatic carbocycles. The van der Waals surface area contributed by atoms with Gasteiger partial charge in [0.1, 0.15) is 23.4 Å². The lowest BCUT2D eigenvalue weighted by atomic mass is 10.0. The summed E-state index contributed by atoms with van der Waals surface area (Å²) in [6.07, 6.45) is 0.739. The van der Waals surface area contributed by atoms with E-state index in [9.17, 15) is 0 Å². The van der Waals surface area contributed by atoms with Crippen molar-refractivity contribution in [3.8, 4) is 17.2 Å². The zero-order valence-electron chi connectivity index (χ0n) is 15.5. The van der Waals surface area contributed by atoms with Gasteiger partial charge in [0.05, 0.1) is 27.4 Å². The van der Waals surface area contributed by atoms with Crippen molar-refractivity contribution in [3.63, 3.8) is 0 Å². The van der Waals surface area contributed by atoms with Crippen molar-refractivity contribution in [2.45, 2.75) is 12.5 Å². The highest BCUT2D eigenvalue weighted by Crippen LogP contribution is 2.34. The average molecular weight is 357 g/mol. The zero-order chi connectivity index (χ0) is 18.2. The lowest BCUT2D eigenvalue weighted by Crippen LogP contribution is -2.37. The maximum absolute atomic E-state index is 6.34. The van der Waals surface area contributed by atoms with Gasteiger partial charge in [0.2, 0.25) is 0 Å². The number of methoxy groups -OCH3 is 2. The molecule has 0 N–H and O–H groups in total. The van der Waals surface area contributed by atoms with Crippen LogP contribution in [0.5, 0.6) is 17.2 Å². The average Bonchev–Trinajstić information content (AvgIpc) is 2.72. The molecule has 0 saturated carbocycles. The summed E-state index contributed by atoms with van der Waals surface area (Å²) in [5.41, 5.74) is 1.00. The third-order valence-electron chi connectivity index (χ3n) is 4.62. The first kappa shape index (κ1) is 18.5. The van der Waals surface area contributed by atoms with Gasteiger partial charge in [-0.2, -0.15) is 0 Å². The highest BCUT2D eigenvalue weighted by Gasteiger charge is 2.21. The van der Waals surface area contributed by atoms with Crippen LogP contribution in [0.1, 0.15) is 18.1 Å². The molecule has 1 heterocycles. The fourth-order valence-electron chi connectivity index (χ4n) is 3.16. The molecular weight excluding hydrogens is 330 g/mol. The third-order valence-corrected chi connectivity index (χ3v) is 4.62. The van der Waals surface area contributed by atoms with E-state index in [1.807, 2.05) is 48.5 Å². The van der Waals surface area contributed by atoms with E-state index in [1.54, 1.807) is 14.2 Å². The minimum absolute atomic E-state index is 0.120. The summed E-state index contributed by atoms with van der Waals surface area (Å²) in [4.78, 5) is 2.41. The topological polar surface area (TPSA) is 40.2 Å². The molecule has 0 bridgehead atoms. The van der Waals surface area contributed by atoms with Gasteiger partial charge < -0.3 is 18.9 Å². The van der Waals surface area contributed by atoms with Crippen molar-refractivity contribution in [1.29, 1.82) is 0 Å². The summed E-state index contributed by atoms with van der Waals surface area (Å²) in [5.74, 6) is 2.46. The lowest BCUT2D eigenvalue weighted by Gasteiger charge is -2.29. The van der Waals surface area contributed by atoms with Gasteiger partial charge in [0, 0.05) is 31.6 Å². The Bertz CT molecular complexity index is 671. The van der Waals surface area contributed by atoms with Crippen LogP contribution in [0.3, 0.4) is 0 Å². The van der Waals surface area contributed by atoms with Crippen molar-refractivity contribution < 1.29 is 18.9 Å². The van der Waals surface area contributed by atoms with Gasteiger partial charge in [-0.3, -0.25) is 4.90 Å². The highest BCUT2D eigenvalue weighted by atomic mass is 16.5. The minimum atomic E-state index is -0.120. The monoisotopic (exact) mass is 357 g/mol. The van der Waals surface area contributed by atoms with Crippen LogP contribution in [0.15, 0.2) is 48.5 Å². The predicted molar refractivity (Wildman–Crippen MR) is 101 cm³/mol. The molecule has 1 fully saturated rings. The van der Waals surface area contributed by atoms with Gasteiger partial charge in [-0.15, -0.1) is 0 Å². The Hall–Kier alpha value is -2.24. The first-order valence-electron chi connectivity index (χ1n) is 9.04. The van der Waals surface area contributed by atoms with Gasteiger partial charge in [-0.05, 0) is 30.3 Å². The Kier molecular flexibility index (Phi) is 6.75. The highest BCUT2D eigenvalue weighted by molar-refractivity contribution is 5.42. The molecule has 3 rings (SSSR count). The second-order valence-corrected chi connectivity index (χ2v) is 6.27. The number of hydrogen-bond donors (Lipinski definition) is 0. The molecule has 1 saturated heterocycles. The van der Waals surface area contributed by atoms with Gasteiger partial charge in [0.15, 0.2) is 0 Å². The van der Waals surface area contributed by atoms with E-state index in [0.717, 1.165) is 62.1 Å². The van der Waals surface area contributed by atoms with E-state index in [2.05, 4.69) is 4.90 Å². The molecule has 5 heteroatoms. The summed E-state index contributed by atoms with van der Waals surface area (Å²) in [6.45, 7) is 4.47. The lowest BCUT2D eigenvalue weighted by molar-refractivity contribution is 0.0316. The number of nitrogens with zero attached hydrogens (tertiary/aromatic N) is 1. The molecule has 0 aromatic heterocycles. The number of rotatable bonds is 8. The Morgan fingerprint density at radius 2 is 1.73 bits per heavy atom. The van der Waals surface area contributed by atoms with Crippen LogP contribution >= 0.6 is 0 Å². The van der Waals surface area contributed by atoms with Crippen LogP contribution in [0.25, 0.3) is 0 Å². The van der Waals surface area contributed by atoms with Crippen molar-refractivity contribution >= 4 is 0 Å². The third kappa shape index (κ3) is 4.90. The van der Waals surface area contributed by atoms with E-state index in [0.29, 0.717) is 0 Å². The molecule has 1 aliphatic rings. The van der Waals surface area contributed by atoms with Crippen LogP contribution in [0, 0.1) is 0 Å². The maximum atomic E-state index is 6.34. The number of benzene rings is 2. The zero-order valence-corrected chi connectivity index (χ0v) is 15.5. The van der Waals surface area contributed by atoms with E-state index in [4.69, 9.17) is 18.9 Å². The molecule has 1 unspecified atom stereocenters. The Labute approximate surface area is 155 Å². The molecule has 2 aromatic rings. The van der Waals surface area contributed by atoms with Crippen molar-refractivity contribution in [1.82, 2.24) is 4.90 Å². The number of para-hydroxylation sites is 1. The van der Waals surface area contributed by atoms with Crippen LogP contribution in [-0.2, 0) is 4.74 Å². The van der Waals surface area contributed by atoms with Crippen molar-refractivity contribution in [3.05, 3.63) is 54.1 Å². The first-order valence-corrected chi connectivity index (χ1v) is 9.04. The molecule has 26 heavy (non-hydrogen) atoms. The SMILES string of the molecule is COc1ccc(OC)c(C(CCN2CCOCC2)Oc2ccccc2)c1. The molecule has 1 atom stereocenters. The van der Waals surface area contributed by atoms with Crippen LogP contribution in [0.4, 0.5) is 0 Å². The molecule has 1 aliphatic heterocycles.